The molecule has 5 heteroatoms. The van der Waals surface area contributed by atoms with E-state index in [9.17, 15) is 4.79 Å². The first kappa shape index (κ1) is 13.4. The van der Waals surface area contributed by atoms with Gasteiger partial charge >= 0.3 is 0 Å². The molecule has 1 rings (SSSR count). The molecule has 0 saturated carbocycles. The highest BCUT2D eigenvalue weighted by Crippen LogP contribution is 2.22. The molecule has 0 radical (unpaired) electrons. The maximum absolute atomic E-state index is 11.6. The summed E-state index contributed by atoms with van der Waals surface area (Å²) < 4.78 is 0. The lowest BCUT2D eigenvalue weighted by molar-refractivity contribution is -0.121. The molecule has 1 saturated heterocycles. The number of hydrogen-bond donors (Lipinski definition) is 2. The van der Waals surface area contributed by atoms with Crippen molar-refractivity contribution >= 4 is 22.8 Å². The third-order valence-electron chi connectivity index (χ3n) is 2.25. The van der Waals surface area contributed by atoms with Gasteiger partial charge in [0.05, 0.1) is 0 Å². The number of amides is 1. The van der Waals surface area contributed by atoms with Crippen molar-refractivity contribution in [2.24, 2.45) is 4.99 Å². The Hall–Kier alpha value is -0.710. The fourth-order valence-corrected chi connectivity index (χ4v) is 2.46. The summed E-state index contributed by atoms with van der Waals surface area (Å²) in [5.74, 6) is 0.997. The average Bonchev–Trinajstić information content (AvgIpc) is 2.54. The molecular formula is C11H21N3OS. The van der Waals surface area contributed by atoms with Crippen LogP contribution in [0.25, 0.3) is 0 Å². The van der Waals surface area contributed by atoms with Crippen molar-refractivity contribution < 1.29 is 4.79 Å². The molecule has 4 nitrogen and oxygen atoms in total. The van der Waals surface area contributed by atoms with Crippen LogP contribution in [0.5, 0.6) is 0 Å². The first-order valence-electron chi connectivity index (χ1n) is 5.71. The number of rotatable bonds is 4. The van der Waals surface area contributed by atoms with E-state index in [0.29, 0.717) is 0 Å². The highest BCUT2D eigenvalue weighted by atomic mass is 32.2. The van der Waals surface area contributed by atoms with Crippen LogP contribution in [0.3, 0.4) is 0 Å². The van der Waals surface area contributed by atoms with E-state index in [-0.39, 0.29) is 17.5 Å². The molecule has 1 heterocycles. The van der Waals surface area contributed by atoms with Crippen molar-refractivity contribution in [1.82, 2.24) is 10.6 Å². The maximum Gasteiger partial charge on any atom is 0.244 e. The standard InChI is InChI=1S/C11H21N3OS/c1-5-6-12-9(15)8(2)13-10-14-11(3,4)7-16-10/h8H,5-7H2,1-4H3,(H,12,15)(H,13,14). The van der Waals surface area contributed by atoms with E-state index < -0.39 is 0 Å². The van der Waals surface area contributed by atoms with Gasteiger partial charge in [0, 0.05) is 17.8 Å². The zero-order valence-electron chi connectivity index (χ0n) is 10.5. The van der Waals surface area contributed by atoms with Gasteiger partial charge in [0.1, 0.15) is 6.04 Å². The number of nitrogens with zero attached hydrogens (tertiary/aromatic N) is 1. The third kappa shape index (κ3) is 4.04. The van der Waals surface area contributed by atoms with Gasteiger partial charge in [-0.15, -0.1) is 0 Å². The number of thioether (sulfide) groups is 1. The van der Waals surface area contributed by atoms with Gasteiger partial charge in [-0.25, -0.2) is 4.99 Å². The van der Waals surface area contributed by atoms with Gasteiger partial charge in [0.25, 0.3) is 0 Å². The van der Waals surface area contributed by atoms with Crippen molar-refractivity contribution in [1.29, 1.82) is 0 Å². The second-order valence-electron chi connectivity index (χ2n) is 4.70. The summed E-state index contributed by atoms with van der Waals surface area (Å²) in [7, 11) is 0. The number of aliphatic imine (C=N–C) groups is 1. The molecule has 0 spiro atoms. The summed E-state index contributed by atoms with van der Waals surface area (Å²) in [6.45, 7) is 8.84. The summed E-state index contributed by atoms with van der Waals surface area (Å²) in [6, 6.07) is -0.310. The molecule has 0 bridgehead atoms. The Kier molecular flexibility index (Phi) is 4.65. The topological polar surface area (TPSA) is 53.5 Å². The summed E-state index contributed by atoms with van der Waals surface area (Å²) in [5, 5.41) is 7.03. The zero-order valence-corrected chi connectivity index (χ0v) is 11.3. The lowest BCUT2D eigenvalue weighted by Crippen LogP contribution is -2.38. The minimum absolute atomic E-state index is 0.00135. The van der Waals surface area contributed by atoms with E-state index >= 15 is 0 Å². The van der Waals surface area contributed by atoms with E-state index in [1.807, 2.05) is 13.8 Å². The second-order valence-corrected chi connectivity index (χ2v) is 5.66. The smallest absolute Gasteiger partial charge is 0.244 e. The van der Waals surface area contributed by atoms with Crippen LogP contribution >= 0.6 is 11.8 Å². The average molecular weight is 243 g/mol. The molecular weight excluding hydrogens is 222 g/mol. The van der Waals surface area contributed by atoms with Gasteiger partial charge in [-0.05, 0) is 27.2 Å². The van der Waals surface area contributed by atoms with Gasteiger partial charge in [0.15, 0.2) is 5.17 Å². The van der Waals surface area contributed by atoms with E-state index in [2.05, 4.69) is 29.5 Å². The van der Waals surface area contributed by atoms with Crippen LogP contribution in [0, 0.1) is 0 Å². The largest absolute Gasteiger partial charge is 0.359 e. The first-order valence-corrected chi connectivity index (χ1v) is 6.69. The lowest BCUT2D eigenvalue weighted by atomic mass is 10.1. The lowest BCUT2D eigenvalue weighted by Gasteiger charge is -2.16. The summed E-state index contributed by atoms with van der Waals surface area (Å²) >= 11 is 1.68. The van der Waals surface area contributed by atoms with Crippen LogP contribution in [-0.4, -0.2) is 35.0 Å². The molecule has 92 valence electrons. The molecule has 1 atom stereocenters. The van der Waals surface area contributed by atoms with E-state index in [1.165, 1.54) is 0 Å². The minimum atomic E-state index is -0.310. The van der Waals surface area contributed by atoms with Crippen molar-refractivity contribution in [2.75, 3.05) is 12.3 Å². The Morgan fingerprint density at radius 3 is 2.88 bits per heavy atom. The van der Waals surface area contributed by atoms with Crippen molar-refractivity contribution in [3.05, 3.63) is 0 Å². The Morgan fingerprint density at radius 1 is 1.69 bits per heavy atom. The van der Waals surface area contributed by atoms with Crippen LogP contribution in [0.2, 0.25) is 0 Å². The molecule has 1 aliphatic heterocycles. The summed E-state index contributed by atoms with van der Waals surface area (Å²) in [5.41, 5.74) is 0.0864. The van der Waals surface area contributed by atoms with Gasteiger partial charge in [0.2, 0.25) is 5.91 Å². The van der Waals surface area contributed by atoms with E-state index in [1.54, 1.807) is 11.8 Å². The molecule has 0 aromatic rings. The Bertz CT molecular complexity index is 289. The molecule has 1 aliphatic rings. The molecule has 1 amide bonds. The highest BCUT2D eigenvalue weighted by molar-refractivity contribution is 8.14. The molecule has 0 aliphatic carbocycles. The van der Waals surface area contributed by atoms with Crippen molar-refractivity contribution in [2.45, 2.75) is 45.7 Å². The predicted molar refractivity (Wildman–Crippen MR) is 69.9 cm³/mol. The first-order chi connectivity index (χ1) is 7.44. The number of nitrogens with one attached hydrogen (secondary N) is 2. The molecule has 16 heavy (non-hydrogen) atoms. The van der Waals surface area contributed by atoms with Crippen molar-refractivity contribution in [3.8, 4) is 0 Å². The fraction of sp³-hybridized carbons (Fsp3) is 0.818. The van der Waals surface area contributed by atoms with Gasteiger partial charge in [-0.3, -0.25) is 4.79 Å². The summed E-state index contributed by atoms with van der Waals surface area (Å²) in [6.07, 6.45) is 0.953. The predicted octanol–water partition coefficient (Wildman–Crippen LogP) is 1.37. The van der Waals surface area contributed by atoms with E-state index in [0.717, 1.165) is 23.9 Å². The van der Waals surface area contributed by atoms with E-state index in [4.69, 9.17) is 0 Å². The number of amidine groups is 1. The van der Waals surface area contributed by atoms with Crippen LogP contribution in [0.1, 0.15) is 34.1 Å². The Balaban J connectivity index is 2.47. The monoisotopic (exact) mass is 243 g/mol. The van der Waals surface area contributed by atoms with Crippen LogP contribution in [0.15, 0.2) is 4.99 Å². The third-order valence-corrected chi connectivity index (χ3v) is 3.60. The maximum atomic E-state index is 11.6. The molecule has 0 aromatic heterocycles. The van der Waals surface area contributed by atoms with Crippen LogP contribution in [0.4, 0.5) is 0 Å². The quantitative estimate of drug-likeness (QED) is 0.784. The summed E-state index contributed by atoms with van der Waals surface area (Å²) in [4.78, 5) is 16.0. The molecule has 2 N–H and O–H groups in total. The van der Waals surface area contributed by atoms with Gasteiger partial charge in [-0.2, -0.15) is 0 Å². The minimum Gasteiger partial charge on any atom is -0.359 e. The zero-order chi connectivity index (χ0) is 12.2. The Labute approximate surface area is 102 Å². The molecule has 1 fully saturated rings. The number of carbonyl (C=O) groups excluding carboxylic acids is 1. The van der Waals surface area contributed by atoms with Gasteiger partial charge < -0.3 is 10.6 Å². The normalized spacial score (nSPS) is 22.9. The number of carbonyl (C=O) groups is 1. The SMILES string of the molecule is CCCNC(=O)C(C)N=C1NC(C)(C)CS1. The fourth-order valence-electron chi connectivity index (χ4n) is 1.31. The van der Waals surface area contributed by atoms with Crippen LogP contribution < -0.4 is 10.6 Å². The molecule has 1 unspecified atom stereocenters. The Morgan fingerprint density at radius 2 is 2.38 bits per heavy atom. The van der Waals surface area contributed by atoms with Crippen molar-refractivity contribution in [3.63, 3.8) is 0 Å². The second kappa shape index (κ2) is 5.57. The molecule has 0 aromatic carbocycles. The number of hydrogen-bond acceptors (Lipinski definition) is 3. The van der Waals surface area contributed by atoms with Crippen LogP contribution in [-0.2, 0) is 4.79 Å². The van der Waals surface area contributed by atoms with Gasteiger partial charge in [-0.1, -0.05) is 18.7 Å². The highest BCUT2D eigenvalue weighted by Gasteiger charge is 2.28.